The molecule has 0 atom stereocenters. The molecule has 2 nitrogen and oxygen atoms in total. The van der Waals surface area contributed by atoms with E-state index in [1.54, 1.807) is 0 Å². The maximum atomic E-state index is 5.98. The van der Waals surface area contributed by atoms with Crippen molar-refractivity contribution in [3.8, 4) is 0 Å². The molecule has 0 saturated heterocycles. The summed E-state index contributed by atoms with van der Waals surface area (Å²) in [7, 11) is 0. The molecular formula is C17H21ClN2. The lowest BCUT2D eigenvalue weighted by Gasteiger charge is -2.21. The Kier molecular flexibility index (Phi) is 5.31. The van der Waals surface area contributed by atoms with Crippen LogP contribution in [0.25, 0.3) is 0 Å². The third kappa shape index (κ3) is 3.91. The Morgan fingerprint density at radius 3 is 2.30 bits per heavy atom. The van der Waals surface area contributed by atoms with Crippen LogP contribution in [0.4, 0.5) is 11.4 Å². The van der Waals surface area contributed by atoms with Crippen molar-refractivity contribution >= 4 is 23.0 Å². The first-order valence-electron chi connectivity index (χ1n) is 7.06. The predicted molar refractivity (Wildman–Crippen MR) is 88.8 cm³/mol. The van der Waals surface area contributed by atoms with Gasteiger partial charge in [-0.25, -0.2) is 0 Å². The summed E-state index contributed by atoms with van der Waals surface area (Å²) in [5.41, 5.74) is 3.58. The summed E-state index contributed by atoms with van der Waals surface area (Å²) in [6.45, 7) is 7.20. The van der Waals surface area contributed by atoms with E-state index in [1.165, 1.54) is 11.3 Å². The Balaban J connectivity index is 1.97. The van der Waals surface area contributed by atoms with Crippen LogP contribution in [0.5, 0.6) is 0 Å². The first-order valence-corrected chi connectivity index (χ1v) is 7.44. The fourth-order valence-corrected chi connectivity index (χ4v) is 2.44. The van der Waals surface area contributed by atoms with E-state index < -0.39 is 0 Å². The number of nitrogens with zero attached hydrogens (tertiary/aromatic N) is 1. The molecule has 0 aromatic heterocycles. The largest absolute Gasteiger partial charge is 0.381 e. The van der Waals surface area contributed by atoms with Crippen molar-refractivity contribution in [1.82, 2.24) is 0 Å². The number of hydrogen-bond acceptors (Lipinski definition) is 2. The highest BCUT2D eigenvalue weighted by Crippen LogP contribution is 2.18. The van der Waals surface area contributed by atoms with Crippen molar-refractivity contribution in [1.29, 1.82) is 0 Å². The van der Waals surface area contributed by atoms with E-state index in [0.29, 0.717) is 0 Å². The minimum atomic E-state index is 0.779. The van der Waals surface area contributed by atoms with Gasteiger partial charge in [0.1, 0.15) is 0 Å². The highest BCUT2D eigenvalue weighted by atomic mass is 35.5. The highest BCUT2D eigenvalue weighted by Gasteiger charge is 2.01. The topological polar surface area (TPSA) is 15.3 Å². The van der Waals surface area contributed by atoms with Gasteiger partial charge in [0.05, 0.1) is 0 Å². The molecule has 2 aromatic rings. The predicted octanol–water partition coefficient (Wildman–Crippen LogP) is 4.80. The molecule has 2 rings (SSSR count). The molecule has 0 aliphatic rings. The Morgan fingerprint density at radius 1 is 1.00 bits per heavy atom. The molecule has 0 radical (unpaired) electrons. The Bertz CT molecular complexity index is 533. The van der Waals surface area contributed by atoms with Gasteiger partial charge in [-0.05, 0) is 55.8 Å². The number of rotatable bonds is 6. The normalized spacial score (nSPS) is 10.3. The first kappa shape index (κ1) is 14.7. The second-order valence-corrected chi connectivity index (χ2v) is 5.14. The lowest BCUT2D eigenvalue weighted by molar-refractivity contribution is 0.866. The number of anilines is 2. The molecule has 3 heteroatoms. The SMILES string of the molecule is CCN(CC)c1ccc(NCc2cccc(Cl)c2)cc1. The zero-order chi connectivity index (χ0) is 14.4. The van der Waals surface area contributed by atoms with Gasteiger partial charge in [-0.3, -0.25) is 0 Å². The average Bonchev–Trinajstić information content (AvgIpc) is 2.48. The summed E-state index contributed by atoms with van der Waals surface area (Å²) in [5, 5.41) is 4.19. The monoisotopic (exact) mass is 288 g/mol. The molecule has 0 fully saturated rings. The van der Waals surface area contributed by atoms with Gasteiger partial charge in [-0.1, -0.05) is 23.7 Å². The van der Waals surface area contributed by atoms with Crippen LogP contribution in [0.3, 0.4) is 0 Å². The number of halogens is 1. The van der Waals surface area contributed by atoms with Gasteiger partial charge >= 0.3 is 0 Å². The Morgan fingerprint density at radius 2 is 1.70 bits per heavy atom. The van der Waals surface area contributed by atoms with E-state index in [2.05, 4.69) is 54.4 Å². The minimum Gasteiger partial charge on any atom is -0.381 e. The molecular weight excluding hydrogens is 268 g/mol. The Hall–Kier alpha value is -1.67. The van der Waals surface area contributed by atoms with Crippen molar-refractivity contribution in [2.45, 2.75) is 20.4 Å². The van der Waals surface area contributed by atoms with Crippen LogP contribution < -0.4 is 10.2 Å². The van der Waals surface area contributed by atoms with Crippen molar-refractivity contribution in [3.63, 3.8) is 0 Å². The summed E-state index contributed by atoms with van der Waals surface area (Å²) in [5.74, 6) is 0. The van der Waals surface area contributed by atoms with E-state index in [9.17, 15) is 0 Å². The lowest BCUT2D eigenvalue weighted by atomic mass is 10.2. The van der Waals surface area contributed by atoms with Crippen LogP contribution in [0.2, 0.25) is 5.02 Å². The quantitative estimate of drug-likeness (QED) is 0.821. The molecule has 0 aliphatic heterocycles. The second-order valence-electron chi connectivity index (χ2n) is 4.70. The molecule has 0 bridgehead atoms. The van der Waals surface area contributed by atoms with Crippen molar-refractivity contribution < 1.29 is 0 Å². The Labute approximate surface area is 126 Å². The fourth-order valence-electron chi connectivity index (χ4n) is 2.23. The molecule has 0 aliphatic carbocycles. The average molecular weight is 289 g/mol. The first-order chi connectivity index (χ1) is 9.72. The molecule has 1 N–H and O–H groups in total. The van der Waals surface area contributed by atoms with Crippen LogP contribution in [0.1, 0.15) is 19.4 Å². The fraction of sp³-hybridized carbons (Fsp3) is 0.294. The zero-order valence-electron chi connectivity index (χ0n) is 12.1. The van der Waals surface area contributed by atoms with Gasteiger partial charge in [-0.15, -0.1) is 0 Å². The molecule has 106 valence electrons. The molecule has 2 aromatic carbocycles. The third-order valence-corrected chi connectivity index (χ3v) is 3.62. The molecule has 0 heterocycles. The standard InChI is InChI=1S/C17H21ClN2/c1-3-20(4-2)17-10-8-16(9-11-17)19-13-14-6-5-7-15(18)12-14/h5-12,19H,3-4,13H2,1-2H3. The molecule has 0 unspecified atom stereocenters. The van der Waals surface area contributed by atoms with Crippen LogP contribution in [-0.4, -0.2) is 13.1 Å². The van der Waals surface area contributed by atoms with E-state index in [1.807, 2.05) is 18.2 Å². The minimum absolute atomic E-state index is 0.779. The second kappa shape index (κ2) is 7.20. The number of benzene rings is 2. The van der Waals surface area contributed by atoms with E-state index in [-0.39, 0.29) is 0 Å². The summed E-state index contributed by atoms with van der Waals surface area (Å²) in [6, 6.07) is 16.5. The van der Waals surface area contributed by atoms with Crippen LogP contribution in [-0.2, 0) is 6.54 Å². The molecule has 0 saturated carbocycles. The van der Waals surface area contributed by atoms with Crippen LogP contribution in [0.15, 0.2) is 48.5 Å². The molecule has 20 heavy (non-hydrogen) atoms. The number of hydrogen-bond donors (Lipinski definition) is 1. The summed E-state index contributed by atoms with van der Waals surface area (Å²) in [6.07, 6.45) is 0. The third-order valence-electron chi connectivity index (χ3n) is 3.38. The van der Waals surface area contributed by atoms with Gasteiger partial charge in [0, 0.05) is 36.0 Å². The van der Waals surface area contributed by atoms with Gasteiger partial charge in [0.25, 0.3) is 0 Å². The number of nitrogens with one attached hydrogen (secondary N) is 1. The maximum absolute atomic E-state index is 5.98. The lowest BCUT2D eigenvalue weighted by Crippen LogP contribution is -2.21. The van der Waals surface area contributed by atoms with Crippen molar-refractivity contribution in [3.05, 3.63) is 59.1 Å². The van der Waals surface area contributed by atoms with Gasteiger partial charge in [-0.2, -0.15) is 0 Å². The maximum Gasteiger partial charge on any atom is 0.0409 e. The molecule has 0 spiro atoms. The van der Waals surface area contributed by atoms with E-state index >= 15 is 0 Å². The van der Waals surface area contributed by atoms with Gasteiger partial charge in [0.2, 0.25) is 0 Å². The van der Waals surface area contributed by atoms with Crippen molar-refractivity contribution in [2.75, 3.05) is 23.3 Å². The smallest absolute Gasteiger partial charge is 0.0409 e. The van der Waals surface area contributed by atoms with Crippen molar-refractivity contribution in [2.24, 2.45) is 0 Å². The van der Waals surface area contributed by atoms with Crippen LogP contribution in [0, 0.1) is 0 Å². The van der Waals surface area contributed by atoms with E-state index in [0.717, 1.165) is 30.3 Å². The van der Waals surface area contributed by atoms with Crippen LogP contribution >= 0.6 is 11.6 Å². The van der Waals surface area contributed by atoms with Gasteiger partial charge in [0.15, 0.2) is 0 Å². The summed E-state index contributed by atoms with van der Waals surface area (Å²) < 4.78 is 0. The van der Waals surface area contributed by atoms with Gasteiger partial charge < -0.3 is 10.2 Å². The zero-order valence-corrected chi connectivity index (χ0v) is 12.8. The van der Waals surface area contributed by atoms with E-state index in [4.69, 9.17) is 11.6 Å². The molecule has 0 amide bonds. The summed E-state index contributed by atoms with van der Waals surface area (Å²) in [4.78, 5) is 2.33. The summed E-state index contributed by atoms with van der Waals surface area (Å²) >= 11 is 5.98. The highest BCUT2D eigenvalue weighted by molar-refractivity contribution is 6.30.